The fraction of sp³-hybridized carbons (Fsp3) is 0.603. The van der Waals surface area contributed by atoms with Gasteiger partial charge in [0.25, 0.3) is 11.7 Å². The molecule has 1 aromatic carbocycles. The predicted molar refractivity (Wildman–Crippen MR) is 289 cm³/mol. The number of phenols is 1. The molecular formula is C58H80N6O14. The molecule has 20 nitrogen and oxygen atoms in total. The van der Waals surface area contributed by atoms with Gasteiger partial charge < -0.3 is 59.6 Å². The maximum Gasteiger partial charge on any atom is 0.325 e. The molecule has 1 aliphatic carbocycles. The number of allylic oxidation sites excluding steroid dienone is 5. The second-order valence-electron chi connectivity index (χ2n) is 22.6. The van der Waals surface area contributed by atoms with Crippen molar-refractivity contribution >= 4 is 53.6 Å². The van der Waals surface area contributed by atoms with E-state index in [1.165, 1.54) is 13.2 Å². The molecule has 7 rings (SSSR count). The summed E-state index contributed by atoms with van der Waals surface area (Å²) in [6, 6.07) is 0. The zero-order chi connectivity index (χ0) is 57.6. The molecule has 426 valence electrons. The van der Waals surface area contributed by atoms with Crippen LogP contribution in [0.25, 0.3) is 0 Å². The van der Waals surface area contributed by atoms with Crippen molar-refractivity contribution in [1.29, 1.82) is 0 Å². The Balaban J connectivity index is 1.28. The van der Waals surface area contributed by atoms with Crippen LogP contribution in [-0.2, 0) is 43.0 Å². The van der Waals surface area contributed by atoms with Gasteiger partial charge >= 0.3 is 17.7 Å². The number of aliphatic imine (C=N–C) groups is 1. The van der Waals surface area contributed by atoms with Crippen molar-refractivity contribution in [2.45, 2.75) is 126 Å². The molecule has 9 atom stereocenters. The Morgan fingerprint density at radius 1 is 0.936 bits per heavy atom. The summed E-state index contributed by atoms with van der Waals surface area (Å²) in [6.45, 7) is 22.3. The van der Waals surface area contributed by atoms with Crippen LogP contribution in [0.1, 0.15) is 127 Å². The van der Waals surface area contributed by atoms with Gasteiger partial charge in [-0.1, -0.05) is 73.6 Å². The predicted octanol–water partition coefficient (Wildman–Crippen LogP) is 4.88. The highest BCUT2D eigenvalue weighted by molar-refractivity contribution is 6.34. The molecule has 0 saturated carbocycles. The minimum absolute atomic E-state index is 0.0211. The van der Waals surface area contributed by atoms with Crippen molar-refractivity contribution in [2.24, 2.45) is 52.3 Å². The van der Waals surface area contributed by atoms with Gasteiger partial charge in [-0.15, -0.1) is 0 Å². The minimum Gasteiger partial charge on any atom is -0.507 e. The first-order chi connectivity index (χ1) is 36.8. The van der Waals surface area contributed by atoms with E-state index in [9.17, 15) is 48.6 Å². The Morgan fingerprint density at radius 3 is 2.27 bits per heavy atom. The molecule has 1 spiro atoms. The van der Waals surface area contributed by atoms with Crippen molar-refractivity contribution in [3.63, 3.8) is 0 Å². The van der Waals surface area contributed by atoms with Crippen LogP contribution in [0.15, 0.2) is 52.5 Å². The molecule has 5 N–H and O–H groups in total. The summed E-state index contributed by atoms with van der Waals surface area (Å²) in [5.41, 5.74) is -0.211. The van der Waals surface area contributed by atoms with Crippen LogP contribution in [0.2, 0.25) is 0 Å². The smallest absolute Gasteiger partial charge is 0.325 e. The fourth-order valence-electron chi connectivity index (χ4n) is 10.8. The highest BCUT2D eigenvalue weighted by Crippen LogP contribution is 2.50. The molecule has 20 heteroatoms. The zero-order valence-corrected chi connectivity index (χ0v) is 47.2. The molecule has 6 aliphatic rings. The number of piperidine rings is 1. The lowest BCUT2D eigenvalue weighted by atomic mass is 9.72. The van der Waals surface area contributed by atoms with E-state index >= 15 is 0 Å². The van der Waals surface area contributed by atoms with Crippen LogP contribution in [0.3, 0.4) is 0 Å². The monoisotopic (exact) mass is 1080 g/mol. The van der Waals surface area contributed by atoms with E-state index in [2.05, 4.69) is 41.6 Å². The van der Waals surface area contributed by atoms with Crippen molar-refractivity contribution in [3.05, 3.63) is 69.8 Å². The SMILES string of the molecule is C/C1=C/C=C/[C@H](C)[C@H](OC(=O)CN(C)CCOC(=O)CNC(=O)CCC(C=O)C=O)[C@@H](C)[C@@H](O)[C@@H](C)[C@H](C)[C@H](C)[C@@H](C)/C=C/O[C@@]2(C)Oc3c(C)c(O)c4c(c3C2=O)C2=NC3(CCN(CC(C)C)CC3)NC2=C(NC1=O)C4=O. The number of phenolic OH excluding ortho intramolecular Hbond substituents is 1. The van der Waals surface area contributed by atoms with Crippen LogP contribution in [0.5, 0.6) is 11.5 Å². The first-order valence-corrected chi connectivity index (χ1v) is 27.2. The van der Waals surface area contributed by atoms with Gasteiger partial charge in [-0.3, -0.25) is 38.7 Å². The molecule has 0 radical (unpaired) electrons. The average Bonchev–Trinajstić information content (AvgIpc) is 4.04. The number of nitrogens with zero attached hydrogens (tertiary/aromatic N) is 3. The number of carbonyl (C=O) groups excluding carboxylic acids is 8. The third-order valence-corrected chi connectivity index (χ3v) is 16.3. The van der Waals surface area contributed by atoms with E-state index in [1.54, 1.807) is 44.0 Å². The molecule has 5 heterocycles. The number of hydrogen-bond acceptors (Lipinski definition) is 18. The van der Waals surface area contributed by atoms with E-state index in [4.69, 9.17) is 23.9 Å². The number of likely N-dealkylation sites (tertiary alicyclic amines) is 1. The lowest BCUT2D eigenvalue weighted by molar-refractivity contribution is -0.159. The van der Waals surface area contributed by atoms with Crippen molar-refractivity contribution in [1.82, 2.24) is 25.8 Å². The Morgan fingerprint density at radius 2 is 1.62 bits per heavy atom. The van der Waals surface area contributed by atoms with Crippen LogP contribution in [0, 0.1) is 54.3 Å². The Kier molecular flexibility index (Phi) is 19.9. The van der Waals surface area contributed by atoms with Crippen molar-refractivity contribution in [2.75, 3.05) is 52.9 Å². The van der Waals surface area contributed by atoms with Crippen LogP contribution in [-0.4, -0.2) is 150 Å². The number of hydrogen-bond donors (Lipinski definition) is 5. The van der Waals surface area contributed by atoms with Crippen LogP contribution >= 0.6 is 0 Å². The number of aromatic hydroxyl groups is 1. The molecule has 1 saturated heterocycles. The highest BCUT2D eigenvalue weighted by Gasteiger charge is 2.54. The summed E-state index contributed by atoms with van der Waals surface area (Å²) in [4.78, 5) is 113. The van der Waals surface area contributed by atoms with Crippen LogP contribution in [0.4, 0.5) is 0 Å². The minimum atomic E-state index is -1.90. The summed E-state index contributed by atoms with van der Waals surface area (Å²) < 4.78 is 24.0. The molecule has 0 unspecified atom stereocenters. The van der Waals surface area contributed by atoms with Gasteiger partial charge in [0.2, 0.25) is 11.7 Å². The number of ether oxygens (including phenoxy) is 4. The van der Waals surface area contributed by atoms with Gasteiger partial charge in [0.1, 0.15) is 54.7 Å². The standard InChI is InChI=1S/C58H80N6O14/c1-31(2)27-64-21-19-58(20-22-64)61-47-44-45-51(71)39(10)54-46(44)55(73)57(11,78-54)76-24-18-32(3)35(6)36(7)37(8)50(70)38(9)53(33(4)14-13-15-34(5)56(74)60-49(52(45)72)48(47)62-58)77-43(69)28-63(12)23-25-75-42(68)26-59-41(67)17-16-40(29-65)30-66/h13-15,18,24,29-33,35-38,40,50,53,62,70-71H,16-17,19-23,25-28H2,1-12H3,(H,59,67)(H,60,74)/b14-13+,24-18+,34-15-/t32-,33-,35+,36+,37-,38-,50-,53-,57-/m0/s1. The first kappa shape index (κ1) is 60.7. The molecular weight excluding hydrogens is 1000 g/mol. The number of likely N-dealkylation sites (N-methyl/N-ethyl adjacent to an activating group) is 1. The van der Waals surface area contributed by atoms with Gasteiger partial charge in [0.05, 0.1) is 47.4 Å². The van der Waals surface area contributed by atoms with Gasteiger partial charge in [-0.2, -0.15) is 0 Å². The number of aliphatic hydroxyl groups is 1. The Bertz CT molecular complexity index is 2660. The molecule has 1 fully saturated rings. The number of amides is 2. The molecule has 78 heavy (non-hydrogen) atoms. The number of esters is 2. The summed E-state index contributed by atoms with van der Waals surface area (Å²) in [7, 11) is 1.64. The van der Waals surface area contributed by atoms with Gasteiger partial charge in [-0.25, -0.2) is 0 Å². The van der Waals surface area contributed by atoms with Crippen molar-refractivity contribution < 1.29 is 67.5 Å². The lowest BCUT2D eigenvalue weighted by Crippen LogP contribution is -2.50. The summed E-state index contributed by atoms with van der Waals surface area (Å²) in [6.07, 6.45) is 8.31. The lowest BCUT2D eigenvalue weighted by Gasteiger charge is -2.38. The van der Waals surface area contributed by atoms with E-state index < -0.39 is 89.0 Å². The van der Waals surface area contributed by atoms with E-state index in [-0.39, 0.29) is 107 Å². The topological polar surface area (TPSA) is 269 Å². The second kappa shape index (κ2) is 25.5. The second-order valence-corrected chi connectivity index (χ2v) is 22.6. The average molecular weight is 1090 g/mol. The van der Waals surface area contributed by atoms with E-state index in [0.717, 1.165) is 6.54 Å². The number of nitrogens with one attached hydrogen (secondary N) is 3. The van der Waals surface area contributed by atoms with Gasteiger partial charge in [0.15, 0.2) is 0 Å². The number of Topliss-reactive ketones (excluding diaryl/α,β-unsaturated/α-hetero) is 2. The summed E-state index contributed by atoms with van der Waals surface area (Å²) in [5.74, 6) is -8.22. The molecule has 5 bridgehead atoms. The first-order valence-electron chi connectivity index (χ1n) is 27.2. The quantitative estimate of drug-likeness (QED) is 0.0890. The maximum absolute atomic E-state index is 14.9. The summed E-state index contributed by atoms with van der Waals surface area (Å²) in [5, 5.41) is 32.7. The number of rotatable bonds is 15. The Labute approximate surface area is 457 Å². The van der Waals surface area contributed by atoms with Crippen LogP contribution < -0.4 is 20.7 Å². The fourth-order valence-corrected chi connectivity index (χ4v) is 10.8. The number of ketones is 2. The molecule has 2 amide bonds. The van der Waals surface area contributed by atoms with Gasteiger partial charge in [-0.05, 0) is 63.0 Å². The molecule has 1 aromatic rings. The number of benzene rings is 1. The number of fused-ring (bicyclic) bond motifs is 13. The number of aliphatic hydroxyl groups excluding tert-OH is 1. The number of aldehydes is 2. The maximum atomic E-state index is 14.9. The largest absolute Gasteiger partial charge is 0.507 e. The normalized spacial score (nSPS) is 28.9. The highest BCUT2D eigenvalue weighted by atomic mass is 16.7. The third kappa shape index (κ3) is 13.5. The third-order valence-electron chi connectivity index (χ3n) is 16.3. The van der Waals surface area contributed by atoms with E-state index in [0.29, 0.717) is 44.4 Å². The zero-order valence-electron chi connectivity index (χ0n) is 47.2. The Hall–Kier alpha value is -6.51. The van der Waals surface area contributed by atoms with E-state index in [1.807, 2.05) is 40.7 Å². The number of carbonyl (C=O) groups is 8. The molecule has 5 aliphatic heterocycles. The van der Waals surface area contributed by atoms with Gasteiger partial charge in [0, 0.05) is 80.9 Å². The van der Waals surface area contributed by atoms with Crippen molar-refractivity contribution in [3.8, 4) is 11.5 Å². The summed E-state index contributed by atoms with van der Waals surface area (Å²) >= 11 is 0. The molecule has 0 aromatic heterocycles.